The van der Waals surface area contributed by atoms with E-state index in [0.29, 0.717) is 0 Å². The Morgan fingerprint density at radius 1 is 1.38 bits per heavy atom. The van der Waals surface area contributed by atoms with Crippen LogP contribution < -0.4 is 0 Å². The van der Waals surface area contributed by atoms with E-state index >= 15 is 0 Å². The van der Waals surface area contributed by atoms with Crippen LogP contribution in [0, 0.1) is 19.1 Å². The van der Waals surface area contributed by atoms with E-state index in [1.165, 1.54) is 0 Å². The third-order valence-electron chi connectivity index (χ3n) is 0.948. The molecule has 0 unspecified atom stereocenters. The molecule has 0 heterocycles. The van der Waals surface area contributed by atoms with Crippen molar-refractivity contribution < 1.29 is 0 Å². The molecule has 0 spiro atoms. The van der Waals surface area contributed by atoms with Crippen molar-refractivity contribution in [1.82, 2.24) is 0 Å². The van der Waals surface area contributed by atoms with Gasteiger partial charge in [-0.3, -0.25) is 0 Å². The van der Waals surface area contributed by atoms with Crippen molar-refractivity contribution in [2.24, 2.45) is 0 Å². The second-order valence-corrected chi connectivity index (χ2v) is 2.02. The van der Waals surface area contributed by atoms with Gasteiger partial charge in [0.1, 0.15) is 0 Å². The molecule has 1 heteroatoms. The van der Waals surface area contributed by atoms with E-state index in [2.05, 4.69) is 12.1 Å². The highest BCUT2D eigenvalue weighted by molar-refractivity contribution is 6.31. The molecule has 0 saturated carbocycles. The summed E-state index contributed by atoms with van der Waals surface area (Å²) in [5, 5.41) is 0.753. The molecule has 1 aromatic rings. The molecule has 0 amide bonds. The van der Waals surface area contributed by atoms with Gasteiger partial charge in [-0.15, -0.1) is 0 Å². The van der Waals surface area contributed by atoms with Crippen LogP contribution in [0.2, 0.25) is 5.02 Å². The fourth-order valence-corrected chi connectivity index (χ4v) is 0.547. The lowest BCUT2D eigenvalue weighted by atomic mass is 10.2. The molecule has 0 N–H and O–H groups in total. The molecular formula is C7H5Cl. The van der Waals surface area contributed by atoms with Gasteiger partial charge in [0.25, 0.3) is 0 Å². The summed E-state index contributed by atoms with van der Waals surface area (Å²) >= 11 is 5.66. The topological polar surface area (TPSA) is 0 Å². The normalized spacial score (nSPS) is 9.25. The molecule has 0 bridgehead atoms. The second-order valence-electron chi connectivity index (χ2n) is 1.61. The molecule has 0 saturated heterocycles. The average molecular weight is 125 g/mol. The molecule has 0 aromatic heterocycles. The summed E-state index contributed by atoms with van der Waals surface area (Å²) in [6.07, 6.45) is 0. The van der Waals surface area contributed by atoms with Crippen molar-refractivity contribution in [1.29, 1.82) is 0 Å². The Bertz CT molecular complexity index is 160. The Morgan fingerprint density at radius 2 is 2.00 bits per heavy atom. The highest BCUT2D eigenvalue weighted by atomic mass is 35.5. The lowest BCUT2D eigenvalue weighted by Gasteiger charge is -1.90. The standard InChI is InChI=1S/C7H5Cl/c1-6-4-2-3-5-7(6)8/h4-5H,1H3. The summed E-state index contributed by atoms with van der Waals surface area (Å²) in [5.74, 6) is 0. The van der Waals surface area contributed by atoms with Gasteiger partial charge >= 0.3 is 0 Å². The van der Waals surface area contributed by atoms with Gasteiger partial charge in [0, 0.05) is 5.02 Å². The van der Waals surface area contributed by atoms with Gasteiger partial charge in [-0.1, -0.05) is 11.6 Å². The Labute approximate surface area is 54.1 Å². The maximum atomic E-state index is 5.66. The van der Waals surface area contributed by atoms with Gasteiger partial charge in [-0.05, 0) is 36.8 Å². The molecule has 0 nitrogen and oxygen atoms in total. The third-order valence-corrected chi connectivity index (χ3v) is 1.35. The van der Waals surface area contributed by atoms with Crippen LogP contribution in [0.25, 0.3) is 0 Å². The SMILES string of the molecule is Cc1c[c][c]cc1Cl. The van der Waals surface area contributed by atoms with Gasteiger partial charge < -0.3 is 0 Å². The maximum Gasteiger partial charge on any atom is 0.0441 e. The highest BCUT2D eigenvalue weighted by Gasteiger charge is 1.87. The van der Waals surface area contributed by atoms with Crippen LogP contribution in [0.5, 0.6) is 0 Å². The Balaban J connectivity index is 3.13. The van der Waals surface area contributed by atoms with E-state index in [0.717, 1.165) is 10.6 Å². The number of hydrogen-bond donors (Lipinski definition) is 0. The number of hydrogen-bond acceptors (Lipinski definition) is 0. The van der Waals surface area contributed by atoms with Crippen LogP contribution in [-0.4, -0.2) is 0 Å². The quantitative estimate of drug-likeness (QED) is 0.498. The largest absolute Gasteiger partial charge is 0.0840 e. The number of rotatable bonds is 0. The first-order valence-electron chi connectivity index (χ1n) is 2.34. The van der Waals surface area contributed by atoms with Crippen LogP contribution in [0.15, 0.2) is 12.1 Å². The van der Waals surface area contributed by atoms with Crippen molar-refractivity contribution in [3.63, 3.8) is 0 Å². The van der Waals surface area contributed by atoms with E-state index in [1.807, 2.05) is 13.0 Å². The zero-order valence-corrected chi connectivity index (χ0v) is 5.29. The summed E-state index contributed by atoms with van der Waals surface area (Å²) in [4.78, 5) is 0. The predicted octanol–water partition coefficient (Wildman–Crippen LogP) is 2.25. The molecule has 1 rings (SSSR count). The van der Waals surface area contributed by atoms with Gasteiger partial charge in [-0.25, -0.2) is 0 Å². The number of halogens is 1. The molecule has 0 fully saturated rings. The van der Waals surface area contributed by atoms with E-state index < -0.39 is 0 Å². The summed E-state index contributed by atoms with van der Waals surface area (Å²) in [6, 6.07) is 9.05. The fourth-order valence-electron chi connectivity index (χ4n) is 0.438. The Kier molecular flexibility index (Phi) is 1.54. The number of aryl methyl sites for hydroxylation is 1. The first-order chi connectivity index (χ1) is 3.80. The summed E-state index contributed by atoms with van der Waals surface area (Å²) in [5.41, 5.74) is 1.05. The molecule has 2 radical (unpaired) electrons. The zero-order chi connectivity index (χ0) is 5.98. The highest BCUT2D eigenvalue weighted by Crippen LogP contribution is 2.11. The van der Waals surface area contributed by atoms with E-state index in [1.54, 1.807) is 6.07 Å². The van der Waals surface area contributed by atoms with Crippen LogP contribution in [0.4, 0.5) is 0 Å². The smallest absolute Gasteiger partial charge is 0.0441 e. The molecule has 0 aliphatic heterocycles. The Morgan fingerprint density at radius 3 is 2.38 bits per heavy atom. The third kappa shape index (κ3) is 1.01. The molecule has 0 aliphatic rings. The molecular weight excluding hydrogens is 120 g/mol. The second kappa shape index (κ2) is 2.19. The minimum atomic E-state index is 0.753. The first kappa shape index (κ1) is 5.64. The number of benzene rings is 1. The van der Waals surface area contributed by atoms with E-state index in [4.69, 9.17) is 11.6 Å². The molecule has 8 heavy (non-hydrogen) atoms. The first-order valence-corrected chi connectivity index (χ1v) is 2.72. The van der Waals surface area contributed by atoms with Crippen LogP contribution in [-0.2, 0) is 0 Å². The van der Waals surface area contributed by atoms with Gasteiger partial charge in [0.2, 0.25) is 0 Å². The monoisotopic (exact) mass is 124 g/mol. The molecule has 40 valence electrons. The zero-order valence-electron chi connectivity index (χ0n) is 4.53. The van der Waals surface area contributed by atoms with Crippen molar-refractivity contribution in [2.75, 3.05) is 0 Å². The van der Waals surface area contributed by atoms with Crippen molar-refractivity contribution >= 4 is 11.6 Å². The fraction of sp³-hybridized carbons (Fsp3) is 0.143. The van der Waals surface area contributed by atoms with E-state index in [-0.39, 0.29) is 0 Å². The Hall–Kier alpha value is -0.490. The van der Waals surface area contributed by atoms with Crippen molar-refractivity contribution in [3.8, 4) is 0 Å². The van der Waals surface area contributed by atoms with Crippen LogP contribution >= 0.6 is 11.6 Å². The van der Waals surface area contributed by atoms with Crippen molar-refractivity contribution in [2.45, 2.75) is 6.92 Å². The van der Waals surface area contributed by atoms with Crippen molar-refractivity contribution in [3.05, 3.63) is 34.9 Å². The summed E-state index contributed by atoms with van der Waals surface area (Å²) in [7, 11) is 0. The van der Waals surface area contributed by atoms with Gasteiger partial charge in [-0.2, -0.15) is 0 Å². The summed E-state index contributed by atoms with van der Waals surface area (Å²) < 4.78 is 0. The maximum absolute atomic E-state index is 5.66. The summed E-state index contributed by atoms with van der Waals surface area (Å²) in [6.45, 7) is 1.94. The van der Waals surface area contributed by atoms with E-state index in [9.17, 15) is 0 Å². The average Bonchev–Trinajstić information content (AvgIpc) is 1.77. The van der Waals surface area contributed by atoms with Crippen LogP contribution in [0.3, 0.4) is 0 Å². The molecule has 0 atom stereocenters. The van der Waals surface area contributed by atoms with Gasteiger partial charge in [0.15, 0.2) is 0 Å². The minimum absolute atomic E-state index is 0.753. The lowest BCUT2D eigenvalue weighted by Crippen LogP contribution is -1.70. The van der Waals surface area contributed by atoms with Crippen LogP contribution in [0.1, 0.15) is 5.56 Å². The van der Waals surface area contributed by atoms with Gasteiger partial charge in [0.05, 0.1) is 0 Å². The lowest BCUT2D eigenvalue weighted by molar-refractivity contribution is 1.46. The predicted molar refractivity (Wildman–Crippen MR) is 33.9 cm³/mol. The minimum Gasteiger partial charge on any atom is -0.0840 e. The molecule has 1 aromatic carbocycles. The molecule has 0 aliphatic carbocycles.